The predicted molar refractivity (Wildman–Crippen MR) is 126 cm³/mol. The second-order valence-corrected chi connectivity index (χ2v) is 8.49. The molecule has 0 radical (unpaired) electrons. The molecule has 0 atom stereocenters. The van der Waals surface area contributed by atoms with E-state index >= 15 is 0 Å². The summed E-state index contributed by atoms with van der Waals surface area (Å²) in [5.74, 6) is 0. The van der Waals surface area contributed by atoms with Crippen LogP contribution in [-0.2, 0) is 9.31 Å². The highest BCUT2D eigenvalue weighted by Crippen LogP contribution is 2.37. The first-order valence-electron chi connectivity index (χ1n) is 10.7. The third-order valence-corrected chi connectivity index (χ3v) is 6.15. The van der Waals surface area contributed by atoms with Gasteiger partial charge in [-0.1, -0.05) is 74.5 Å². The van der Waals surface area contributed by atoms with E-state index < -0.39 is 0 Å². The summed E-state index contributed by atoms with van der Waals surface area (Å²) in [6.45, 7) is 12.3. The van der Waals surface area contributed by atoms with Gasteiger partial charge in [0.05, 0.1) is 11.2 Å². The van der Waals surface area contributed by atoms with Gasteiger partial charge in [-0.05, 0) is 44.8 Å². The zero-order valence-corrected chi connectivity index (χ0v) is 18.7. The van der Waals surface area contributed by atoms with Gasteiger partial charge in [0.15, 0.2) is 0 Å². The van der Waals surface area contributed by atoms with Gasteiger partial charge in [-0.3, -0.25) is 0 Å². The molecule has 1 aliphatic rings. The zero-order valence-electron chi connectivity index (χ0n) is 18.7. The van der Waals surface area contributed by atoms with E-state index in [0.717, 1.165) is 38.5 Å². The van der Waals surface area contributed by atoms with Crippen LogP contribution in [0, 0.1) is 0 Å². The van der Waals surface area contributed by atoms with Crippen LogP contribution in [0.25, 0.3) is 33.1 Å². The number of benzene rings is 3. The van der Waals surface area contributed by atoms with Crippen LogP contribution < -0.4 is 5.46 Å². The van der Waals surface area contributed by atoms with Crippen molar-refractivity contribution >= 4 is 34.5 Å². The maximum absolute atomic E-state index is 6.17. The number of fused-ring (bicyclic) bond motifs is 3. The van der Waals surface area contributed by atoms with Crippen LogP contribution in [0.2, 0.25) is 0 Å². The van der Waals surface area contributed by atoms with E-state index in [4.69, 9.17) is 13.7 Å². The van der Waals surface area contributed by atoms with Crippen molar-refractivity contribution in [2.75, 3.05) is 0 Å². The molecule has 0 N–H and O–H groups in total. The molecule has 0 unspecified atom stereocenters. The molecule has 2 heterocycles. The maximum Gasteiger partial charge on any atom is 0.494 e. The summed E-state index contributed by atoms with van der Waals surface area (Å²) in [7, 11) is -0.346. The summed E-state index contributed by atoms with van der Waals surface area (Å²) >= 11 is 0. The van der Waals surface area contributed by atoms with Crippen molar-refractivity contribution in [3.63, 3.8) is 0 Å². The summed E-state index contributed by atoms with van der Waals surface area (Å²) in [5.41, 5.74) is 4.40. The molecule has 1 aromatic heterocycles. The summed E-state index contributed by atoms with van der Waals surface area (Å²) in [6, 6.07) is 22.9. The Hall–Kier alpha value is -2.56. The van der Waals surface area contributed by atoms with Crippen LogP contribution in [-0.4, -0.2) is 18.3 Å². The SMILES string of the molecule is CC.CC1(C)OB(c2ccc(-c3cccc4c3oc3ccccc34)cc2)OC1(C)C. The first-order chi connectivity index (χ1) is 14.4. The Kier molecular flexibility index (Phi) is 5.25. The van der Waals surface area contributed by atoms with E-state index in [1.165, 1.54) is 0 Å². The van der Waals surface area contributed by atoms with Crippen molar-refractivity contribution in [3.05, 3.63) is 66.7 Å². The minimum absolute atomic E-state index is 0.337. The number of hydrogen-bond donors (Lipinski definition) is 0. The van der Waals surface area contributed by atoms with Gasteiger partial charge in [-0.15, -0.1) is 0 Å². The van der Waals surface area contributed by atoms with Crippen LogP contribution in [0.1, 0.15) is 41.5 Å². The van der Waals surface area contributed by atoms with E-state index in [-0.39, 0.29) is 18.3 Å². The zero-order chi connectivity index (χ0) is 21.5. The van der Waals surface area contributed by atoms with Crippen molar-refractivity contribution in [1.29, 1.82) is 0 Å². The minimum Gasteiger partial charge on any atom is -0.455 e. The largest absolute Gasteiger partial charge is 0.494 e. The van der Waals surface area contributed by atoms with Gasteiger partial charge in [0.25, 0.3) is 0 Å². The second-order valence-electron chi connectivity index (χ2n) is 8.49. The monoisotopic (exact) mass is 400 g/mol. The molecule has 0 aliphatic carbocycles. The van der Waals surface area contributed by atoms with Gasteiger partial charge < -0.3 is 13.7 Å². The number of para-hydroxylation sites is 2. The Bertz CT molecular complexity index is 1160. The molecule has 3 nitrogen and oxygen atoms in total. The normalized spacial score (nSPS) is 17.2. The quantitative estimate of drug-likeness (QED) is 0.356. The third kappa shape index (κ3) is 3.34. The molecular weight excluding hydrogens is 371 g/mol. The molecule has 0 spiro atoms. The molecule has 4 aromatic rings. The number of hydrogen-bond acceptors (Lipinski definition) is 3. The van der Waals surface area contributed by atoms with Crippen LogP contribution in [0.3, 0.4) is 0 Å². The predicted octanol–water partition coefficient (Wildman–Crippen LogP) is 6.58. The van der Waals surface area contributed by atoms with Crippen molar-refractivity contribution in [1.82, 2.24) is 0 Å². The van der Waals surface area contributed by atoms with Crippen LogP contribution in [0.15, 0.2) is 71.1 Å². The molecule has 1 fully saturated rings. The Labute approximate surface area is 179 Å². The van der Waals surface area contributed by atoms with E-state index in [2.05, 4.69) is 76.2 Å². The first kappa shape index (κ1) is 20.7. The second kappa shape index (κ2) is 7.61. The van der Waals surface area contributed by atoms with Crippen molar-refractivity contribution in [2.45, 2.75) is 52.7 Å². The lowest BCUT2D eigenvalue weighted by Crippen LogP contribution is -2.41. The van der Waals surface area contributed by atoms with Gasteiger partial charge in [0.1, 0.15) is 11.2 Å². The molecule has 3 aromatic carbocycles. The highest BCUT2D eigenvalue weighted by atomic mass is 16.7. The number of furan rings is 1. The van der Waals surface area contributed by atoms with E-state index in [9.17, 15) is 0 Å². The lowest BCUT2D eigenvalue weighted by molar-refractivity contribution is 0.00578. The highest BCUT2D eigenvalue weighted by Gasteiger charge is 2.51. The average molecular weight is 400 g/mol. The van der Waals surface area contributed by atoms with Crippen molar-refractivity contribution in [3.8, 4) is 11.1 Å². The summed E-state index contributed by atoms with van der Waals surface area (Å²) in [6.07, 6.45) is 0. The van der Waals surface area contributed by atoms with Crippen molar-refractivity contribution in [2.24, 2.45) is 0 Å². The van der Waals surface area contributed by atoms with Crippen LogP contribution in [0.5, 0.6) is 0 Å². The summed E-state index contributed by atoms with van der Waals surface area (Å²) < 4.78 is 18.5. The molecule has 0 saturated carbocycles. The van der Waals surface area contributed by atoms with E-state index in [0.29, 0.717) is 0 Å². The molecule has 1 aliphatic heterocycles. The topological polar surface area (TPSA) is 31.6 Å². The van der Waals surface area contributed by atoms with E-state index in [1.807, 2.05) is 32.0 Å². The Balaban J connectivity index is 0.00000106. The van der Waals surface area contributed by atoms with E-state index in [1.54, 1.807) is 0 Å². The molecule has 30 heavy (non-hydrogen) atoms. The molecule has 5 rings (SSSR count). The average Bonchev–Trinajstić information content (AvgIpc) is 3.23. The fraction of sp³-hybridized carbons (Fsp3) is 0.308. The maximum atomic E-state index is 6.17. The standard InChI is InChI=1S/C24H23BO3.C2H6/c1-23(2)24(3,4)28-25(27-23)17-14-12-16(13-15-17)18-9-7-10-20-19-8-5-6-11-21(19)26-22(18)20;1-2/h5-15H,1-4H3;1-2H3. The Morgan fingerprint density at radius 2 is 1.27 bits per heavy atom. The van der Waals surface area contributed by atoms with Crippen molar-refractivity contribution < 1.29 is 13.7 Å². The third-order valence-electron chi connectivity index (χ3n) is 6.15. The fourth-order valence-electron chi connectivity index (χ4n) is 3.77. The Morgan fingerprint density at radius 1 is 0.667 bits per heavy atom. The highest BCUT2D eigenvalue weighted by molar-refractivity contribution is 6.62. The summed E-state index contributed by atoms with van der Waals surface area (Å²) in [5, 5.41) is 2.29. The molecule has 4 heteroatoms. The van der Waals surface area contributed by atoms with Gasteiger partial charge in [-0.25, -0.2) is 0 Å². The molecule has 154 valence electrons. The van der Waals surface area contributed by atoms with Gasteiger partial charge in [0, 0.05) is 16.3 Å². The molecule has 1 saturated heterocycles. The van der Waals surface area contributed by atoms with Crippen LogP contribution in [0.4, 0.5) is 0 Å². The smallest absolute Gasteiger partial charge is 0.455 e. The Morgan fingerprint density at radius 3 is 1.93 bits per heavy atom. The molecule has 0 bridgehead atoms. The van der Waals surface area contributed by atoms with Gasteiger partial charge in [-0.2, -0.15) is 0 Å². The number of rotatable bonds is 2. The lowest BCUT2D eigenvalue weighted by Gasteiger charge is -2.32. The fourth-order valence-corrected chi connectivity index (χ4v) is 3.77. The van der Waals surface area contributed by atoms with Crippen LogP contribution >= 0.6 is 0 Å². The van der Waals surface area contributed by atoms with Gasteiger partial charge >= 0.3 is 7.12 Å². The lowest BCUT2D eigenvalue weighted by atomic mass is 9.78. The van der Waals surface area contributed by atoms with Gasteiger partial charge in [0.2, 0.25) is 0 Å². The minimum atomic E-state index is -0.346. The molecule has 0 amide bonds. The summed E-state index contributed by atoms with van der Waals surface area (Å²) in [4.78, 5) is 0. The molecular formula is C26H29BO3. The first-order valence-corrected chi connectivity index (χ1v) is 10.7.